The number of phenols is 1. The molecule has 21 heavy (non-hydrogen) atoms. The quantitative estimate of drug-likeness (QED) is 0.913. The fraction of sp³-hybridized carbons (Fsp3) is 0.286. The van der Waals surface area contributed by atoms with E-state index in [1.54, 1.807) is 32.9 Å². The maximum atomic E-state index is 12.8. The van der Waals surface area contributed by atoms with Gasteiger partial charge in [0.2, 0.25) is 0 Å². The summed E-state index contributed by atoms with van der Waals surface area (Å²) in [5, 5.41) is 9.63. The molecule has 2 aromatic rings. The van der Waals surface area contributed by atoms with Crippen molar-refractivity contribution < 1.29 is 13.5 Å². The first-order chi connectivity index (χ1) is 9.77. The first-order valence-corrected chi connectivity index (χ1v) is 8.99. The van der Waals surface area contributed by atoms with Gasteiger partial charge in [-0.2, -0.15) is 0 Å². The van der Waals surface area contributed by atoms with Crippen LogP contribution in [0.3, 0.4) is 0 Å². The number of benzene rings is 1. The molecule has 7 heteroatoms. The molecule has 1 heterocycles. The molecule has 0 aliphatic heterocycles. The fourth-order valence-corrected chi connectivity index (χ4v) is 5.36. The molecule has 0 aliphatic carbocycles. The predicted octanol–water partition coefficient (Wildman–Crippen LogP) is 3.94. The van der Waals surface area contributed by atoms with Crippen molar-refractivity contribution in [2.75, 3.05) is 10.8 Å². The summed E-state index contributed by atoms with van der Waals surface area (Å²) in [5.74, 6) is 0.0321. The second kappa shape index (κ2) is 5.87. The number of anilines is 1. The van der Waals surface area contributed by atoms with Gasteiger partial charge in [-0.15, -0.1) is 11.3 Å². The van der Waals surface area contributed by atoms with Crippen LogP contribution in [-0.2, 0) is 10.0 Å². The molecule has 0 radical (unpaired) electrons. The summed E-state index contributed by atoms with van der Waals surface area (Å²) in [6, 6.07) is 6.25. The summed E-state index contributed by atoms with van der Waals surface area (Å²) in [6.45, 7) is 5.59. The van der Waals surface area contributed by atoms with Crippen LogP contribution in [0, 0.1) is 13.8 Å². The number of rotatable bonds is 4. The molecule has 114 valence electrons. The number of aromatic hydroxyl groups is 1. The summed E-state index contributed by atoms with van der Waals surface area (Å²) in [4.78, 5) is 0. The SMILES string of the molecule is CCN(c1cc(O)ccc1C)S(=O)(=O)c1cc(C)c(Cl)s1. The van der Waals surface area contributed by atoms with Crippen LogP contribution >= 0.6 is 22.9 Å². The van der Waals surface area contributed by atoms with E-state index in [2.05, 4.69) is 0 Å². The number of phenolic OH excluding ortho intramolecular Hbond substituents is 1. The summed E-state index contributed by atoms with van der Waals surface area (Å²) < 4.78 is 27.5. The van der Waals surface area contributed by atoms with Crippen molar-refractivity contribution in [1.82, 2.24) is 0 Å². The maximum Gasteiger partial charge on any atom is 0.273 e. The number of aryl methyl sites for hydroxylation is 2. The molecular weight excluding hydrogens is 330 g/mol. The zero-order valence-electron chi connectivity index (χ0n) is 11.9. The number of hydrogen-bond acceptors (Lipinski definition) is 4. The van der Waals surface area contributed by atoms with Gasteiger partial charge in [0.15, 0.2) is 0 Å². The zero-order valence-corrected chi connectivity index (χ0v) is 14.3. The second-order valence-electron chi connectivity index (χ2n) is 4.66. The largest absolute Gasteiger partial charge is 0.508 e. The van der Waals surface area contributed by atoms with Gasteiger partial charge < -0.3 is 5.11 Å². The maximum absolute atomic E-state index is 12.8. The molecule has 0 amide bonds. The highest BCUT2D eigenvalue weighted by atomic mass is 35.5. The van der Waals surface area contributed by atoms with E-state index < -0.39 is 10.0 Å². The van der Waals surface area contributed by atoms with Gasteiger partial charge in [-0.25, -0.2) is 8.42 Å². The van der Waals surface area contributed by atoms with Crippen LogP contribution in [0.5, 0.6) is 5.75 Å². The smallest absolute Gasteiger partial charge is 0.273 e. The van der Waals surface area contributed by atoms with E-state index in [9.17, 15) is 13.5 Å². The van der Waals surface area contributed by atoms with E-state index in [4.69, 9.17) is 11.6 Å². The zero-order chi connectivity index (χ0) is 15.8. The van der Waals surface area contributed by atoms with Crippen molar-refractivity contribution >= 4 is 38.6 Å². The predicted molar refractivity (Wildman–Crippen MR) is 87.1 cm³/mol. The highest BCUT2D eigenvalue weighted by Gasteiger charge is 2.27. The Morgan fingerprint density at radius 1 is 1.24 bits per heavy atom. The average molecular weight is 346 g/mol. The molecule has 0 bridgehead atoms. The van der Waals surface area contributed by atoms with Crippen molar-refractivity contribution in [3.63, 3.8) is 0 Å². The Morgan fingerprint density at radius 3 is 2.43 bits per heavy atom. The minimum atomic E-state index is -3.69. The van der Waals surface area contributed by atoms with E-state index in [1.165, 1.54) is 16.4 Å². The third-order valence-corrected chi connectivity index (χ3v) is 7.02. The van der Waals surface area contributed by atoms with E-state index in [-0.39, 0.29) is 16.5 Å². The summed E-state index contributed by atoms with van der Waals surface area (Å²) >= 11 is 7.02. The fourth-order valence-electron chi connectivity index (χ4n) is 2.00. The third-order valence-electron chi connectivity index (χ3n) is 3.13. The Kier molecular flexibility index (Phi) is 4.51. The van der Waals surface area contributed by atoms with Crippen molar-refractivity contribution in [2.45, 2.75) is 25.0 Å². The molecule has 4 nitrogen and oxygen atoms in total. The van der Waals surface area contributed by atoms with E-state index in [0.29, 0.717) is 10.0 Å². The summed E-state index contributed by atoms with van der Waals surface area (Å²) in [6.07, 6.45) is 0. The van der Waals surface area contributed by atoms with Crippen LogP contribution < -0.4 is 4.31 Å². The molecule has 0 atom stereocenters. The van der Waals surface area contributed by atoms with Crippen LogP contribution in [0.25, 0.3) is 0 Å². The van der Waals surface area contributed by atoms with Crippen molar-refractivity contribution in [2.24, 2.45) is 0 Å². The average Bonchev–Trinajstić information content (AvgIpc) is 2.75. The summed E-state index contributed by atoms with van der Waals surface area (Å²) in [7, 11) is -3.69. The van der Waals surface area contributed by atoms with Crippen molar-refractivity contribution in [3.05, 3.63) is 39.7 Å². The molecule has 0 fully saturated rings. The number of thiophene rings is 1. The van der Waals surface area contributed by atoms with Crippen LogP contribution in [0.1, 0.15) is 18.1 Å². The first kappa shape index (κ1) is 16.1. The Labute approximate surface area is 133 Å². The summed E-state index contributed by atoms with van der Waals surface area (Å²) in [5.41, 5.74) is 1.99. The normalized spacial score (nSPS) is 11.6. The Bertz CT molecular complexity index is 749. The third kappa shape index (κ3) is 3.02. The van der Waals surface area contributed by atoms with Crippen LogP contribution in [0.2, 0.25) is 4.34 Å². The minimum absolute atomic E-state index is 0.0321. The second-order valence-corrected chi connectivity index (χ2v) is 8.41. The van der Waals surface area contributed by atoms with E-state index in [0.717, 1.165) is 22.5 Å². The molecule has 1 aromatic heterocycles. The molecule has 1 N–H and O–H groups in total. The standard InChI is InChI=1S/C14H16ClNO3S2/c1-4-16(12-8-11(17)6-5-9(12)2)21(18,19)13-7-10(3)14(15)20-13/h5-8,17H,4H2,1-3H3. The van der Waals surface area contributed by atoms with Gasteiger partial charge in [0, 0.05) is 12.6 Å². The number of halogens is 1. The van der Waals surface area contributed by atoms with Gasteiger partial charge in [0.05, 0.1) is 10.0 Å². The number of hydrogen-bond donors (Lipinski definition) is 1. The number of sulfonamides is 1. The van der Waals surface area contributed by atoms with Gasteiger partial charge in [0.25, 0.3) is 10.0 Å². The van der Waals surface area contributed by atoms with Crippen LogP contribution in [0.4, 0.5) is 5.69 Å². The minimum Gasteiger partial charge on any atom is -0.508 e. The lowest BCUT2D eigenvalue weighted by Crippen LogP contribution is -2.30. The van der Waals surface area contributed by atoms with E-state index in [1.807, 2.05) is 0 Å². The highest BCUT2D eigenvalue weighted by molar-refractivity contribution is 7.94. The molecule has 0 saturated heterocycles. The molecule has 0 spiro atoms. The first-order valence-electron chi connectivity index (χ1n) is 6.35. The lowest BCUT2D eigenvalue weighted by atomic mass is 10.2. The van der Waals surface area contributed by atoms with E-state index >= 15 is 0 Å². The van der Waals surface area contributed by atoms with Crippen molar-refractivity contribution in [1.29, 1.82) is 0 Å². The molecule has 0 saturated carbocycles. The van der Waals surface area contributed by atoms with Gasteiger partial charge in [-0.3, -0.25) is 4.31 Å². The molecular formula is C14H16ClNO3S2. The topological polar surface area (TPSA) is 57.6 Å². The van der Waals surface area contributed by atoms with Gasteiger partial charge >= 0.3 is 0 Å². The van der Waals surface area contributed by atoms with Crippen molar-refractivity contribution in [3.8, 4) is 5.75 Å². The lowest BCUT2D eigenvalue weighted by molar-refractivity contribution is 0.475. The number of nitrogens with zero attached hydrogens (tertiary/aromatic N) is 1. The molecule has 0 aliphatic rings. The van der Waals surface area contributed by atoms with Gasteiger partial charge in [0.1, 0.15) is 9.96 Å². The molecule has 1 aromatic carbocycles. The van der Waals surface area contributed by atoms with Gasteiger partial charge in [-0.1, -0.05) is 17.7 Å². The Hall–Kier alpha value is -1.24. The lowest BCUT2D eigenvalue weighted by Gasteiger charge is -2.23. The Morgan fingerprint density at radius 2 is 1.90 bits per heavy atom. The monoisotopic (exact) mass is 345 g/mol. The highest BCUT2D eigenvalue weighted by Crippen LogP contribution is 2.35. The molecule has 2 rings (SSSR count). The molecule has 0 unspecified atom stereocenters. The van der Waals surface area contributed by atoms with Crippen LogP contribution in [0.15, 0.2) is 28.5 Å². The van der Waals surface area contributed by atoms with Gasteiger partial charge in [-0.05, 0) is 44.0 Å². The van der Waals surface area contributed by atoms with Crippen LogP contribution in [-0.4, -0.2) is 20.1 Å². The Balaban J connectivity index is 2.57.